The second kappa shape index (κ2) is 32.8. The average molecular weight is 707 g/mol. The van der Waals surface area contributed by atoms with E-state index in [-0.39, 0.29) is 0 Å². The third-order valence-corrected chi connectivity index (χ3v) is 27.6. The van der Waals surface area contributed by atoms with E-state index in [0.717, 1.165) is 0 Å². The SMILES string of the molecule is CCCCCCCCCCC[CH2][Sn]([Br])([CH2]CCCCCCCCCCC)[CH2]CCCCCCCCCCC. The summed E-state index contributed by atoms with van der Waals surface area (Å²) < 4.78 is 4.88. The van der Waals surface area contributed by atoms with Crippen LogP contribution < -0.4 is 0 Å². The van der Waals surface area contributed by atoms with E-state index in [1.165, 1.54) is 193 Å². The fourth-order valence-corrected chi connectivity index (χ4v) is 21.5. The third kappa shape index (κ3) is 30.2. The quantitative estimate of drug-likeness (QED) is 0.0471. The Morgan fingerprint density at radius 1 is 0.263 bits per heavy atom. The Balaban J connectivity index is 4.06. The molecule has 0 N–H and O–H groups in total. The van der Waals surface area contributed by atoms with Crippen LogP contribution in [0.15, 0.2) is 0 Å². The van der Waals surface area contributed by atoms with Crippen LogP contribution >= 0.6 is 12.7 Å². The minimum atomic E-state index is -2.05. The normalized spacial score (nSPS) is 12.0. The molecule has 0 atom stereocenters. The van der Waals surface area contributed by atoms with Crippen molar-refractivity contribution in [2.75, 3.05) is 0 Å². The Labute approximate surface area is 254 Å². The fraction of sp³-hybridized carbons (Fsp3) is 1.00. The van der Waals surface area contributed by atoms with Gasteiger partial charge in [-0.05, 0) is 0 Å². The number of halogens is 1. The van der Waals surface area contributed by atoms with Gasteiger partial charge in [-0.25, -0.2) is 0 Å². The van der Waals surface area contributed by atoms with Gasteiger partial charge in [-0.3, -0.25) is 0 Å². The average Bonchev–Trinajstić information content (AvgIpc) is 2.92. The molecule has 230 valence electrons. The van der Waals surface area contributed by atoms with E-state index in [2.05, 4.69) is 33.5 Å². The van der Waals surface area contributed by atoms with Gasteiger partial charge in [0.2, 0.25) is 0 Å². The van der Waals surface area contributed by atoms with E-state index in [1.807, 2.05) is 0 Å². The van der Waals surface area contributed by atoms with Crippen LogP contribution in [0.5, 0.6) is 0 Å². The molecule has 0 amide bonds. The molecular formula is C36H75BrSn. The monoisotopic (exact) mass is 706 g/mol. The van der Waals surface area contributed by atoms with E-state index in [4.69, 9.17) is 0 Å². The van der Waals surface area contributed by atoms with E-state index < -0.39 is 16.2 Å². The molecule has 0 aromatic rings. The zero-order valence-corrected chi connectivity index (χ0v) is 31.7. The molecule has 0 aliphatic heterocycles. The molecule has 0 aliphatic carbocycles. The molecular weight excluding hydrogens is 631 g/mol. The Kier molecular flexibility index (Phi) is 33.9. The molecule has 0 fully saturated rings. The summed E-state index contributed by atoms with van der Waals surface area (Å²) in [5, 5.41) is 0. The topological polar surface area (TPSA) is 0 Å². The van der Waals surface area contributed by atoms with E-state index >= 15 is 0 Å². The number of hydrogen-bond acceptors (Lipinski definition) is 0. The summed E-state index contributed by atoms with van der Waals surface area (Å²) in [5.41, 5.74) is 0. The summed E-state index contributed by atoms with van der Waals surface area (Å²) in [7, 11) is 0. The molecule has 2 heteroatoms. The zero-order valence-electron chi connectivity index (χ0n) is 27.2. The van der Waals surface area contributed by atoms with E-state index in [0.29, 0.717) is 0 Å². The van der Waals surface area contributed by atoms with Crippen LogP contribution in [0.2, 0.25) is 13.3 Å². The zero-order chi connectivity index (χ0) is 27.8. The van der Waals surface area contributed by atoms with E-state index in [9.17, 15) is 0 Å². The van der Waals surface area contributed by atoms with Crippen molar-refractivity contribution in [2.45, 2.75) is 227 Å². The fourth-order valence-electron chi connectivity index (χ4n) is 6.16. The first-order valence-electron chi connectivity index (χ1n) is 18.4. The molecule has 0 nitrogen and oxygen atoms in total. The van der Waals surface area contributed by atoms with Crippen LogP contribution in [0.4, 0.5) is 0 Å². The summed E-state index contributed by atoms with van der Waals surface area (Å²) in [6.45, 7) is 6.96. The molecule has 0 saturated heterocycles. The van der Waals surface area contributed by atoms with Crippen molar-refractivity contribution in [3.8, 4) is 0 Å². The number of hydrogen-bond donors (Lipinski definition) is 0. The van der Waals surface area contributed by atoms with Gasteiger partial charge in [0, 0.05) is 0 Å². The van der Waals surface area contributed by atoms with Crippen molar-refractivity contribution < 1.29 is 0 Å². The van der Waals surface area contributed by atoms with Gasteiger partial charge in [-0.1, -0.05) is 0 Å². The number of rotatable bonds is 33. The molecule has 0 rings (SSSR count). The molecule has 0 radical (unpaired) electrons. The predicted octanol–water partition coefficient (Wildman–Crippen LogP) is 15.1. The molecule has 0 spiro atoms. The molecule has 38 heavy (non-hydrogen) atoms. The van der Waals surface area contributed by atoms with Crippen molar-refractivity contribution in [3.63, 3.8) is 0 Å². The molecule has 0 unspecified atom stereocenters. The Morgan fingerprint density at radius 2 is 0.421 bits per heavy atom. The first-order valence-corrected chi connectivity index (χ1v) is 30.8. The van der Waals surface area contributed by atoms with Crippen molar-refractivity contribution in [3.05, 3.63) is 0 Å². The van der Waals surface area contributed by atoms with Crippen molar-refractivity contribution in [2.24, 2.45) is 0 Å². The minimum absolute atomic E-state index is 1.37. The van der Waals surface area contributed by atoms with Gasteiger partial charge in [0.1, 0.15) is 0 Å². The van der Waals surface area contributed by atoms with Crippen molar-refractivity contribution in [1.29, 1.82) is 0 Å². The summed E-state index contributed by atoms with van der Waals surface area (Å²) in [5.74, 6) is 0. The first kappa shape index (κ1) is 39.3. The van der Waals surface area contributed by atoms with Gasteiger partial charge < -0.3 is 0 Å². The predicted molar refractivity (Wildman–Crippen MR) is 185 cm³/mol. The van der Waals surface area contributed by atoms with Crippen LogP contribution in [0.3, 0.4) is 0 Å². The van der Waals surface area contributed by atoms with Crippen LogP contribution in [0.1, 0.15) is 213 Å². The van der Waals surface area contributed by atoms with Gasteiger partial charge in [0.25, 0.3) is 0 Å². The molecule has 0 heterocycles. The third-order valence-electron chi connectivity index (χ3n) is 8.94. The molecule has 0 bridgehead atoms. The summed E-state index contributed by atoms with van der Waals surface area (Å²) >= 11 is 2.50. The molecule has 0 aliphatic rings. The summed E-state index contributed by atoms with van der Waals surface area (Å²) in [6, 6.07) is 0. The summed E-state index contributed by atoms with van der Waals surface area (Å²) in [6.07, 6.45) is 44.3. The molecule has 0 saturated carbocycles. The van der Waals surface area contributed by atoms with Crippen molar-refractivity contribution in [1.82, 2.24) is 0 Å². The van der Waals surface area contributed by atoms with Gasteiger partial charge in [0.05, 0.1) is 0 Å². The molecule has 0 aromatic heterocycles. The van der Waals surface area contributed by atoms with Gasteiger partial charge in [-0.2, -0.15) is 0 Å². The molecule has 0 aromatic carbocycles. The second-order valence-electron chi connectivity index (χ2n) is 12.9. The Morgan fingerprint density at radius 3 is 0.605 bits per heavy atom. The maximum absolute atomic E-state index is 4.55. The second-order valence-corrected chi connectivity index (χ2v) is 35.1. The Bertz CT molecular complexity index is 364. The van der Waals surface area contributed by atoms with Crippen LogP contribution in [-0.2, 0) is 0 Å². The standard InChI is InChI=1S/3C12H25.BrH.Sn/c3*1-3-5-7-9-11-12-10-8-6-4-2;;/h3*1,3-12H2,2H3;1H;/q;;;;+1/p-1. The first-order chi connectivity index (χ1) is 18.7. The van der Waals surface area contributed by atoms with Gasteiger partial charge >= 0.3 is 256 Å². The van der Waals surface area contributed by atoms with Gasteiger partial charge in [-0.15, -0.1) is 0 Å². The maximum atomic E-state index is 4.55. The number of unbranched alkanes of at least 4 members (excludes halogenated alkanes) is 27. The summed E-state index contributed by atoms with van der Waals surface area (Å²) in [4.78, 5) is 0. The van der Waals surface area contributed by atoms with E-state index in [1.54, 1.807) is 13.3 Å². The van der Waals surface area contributed by atoms with Gasteiger partial charge in [0.15, 0.2) is 0 Å². The van der Waals surface area contributed by atoms with Crippen molar-refractivity contribution >= 4 is 28.9 Å². The Hall–Kier alpha value is 1.28. The van der Waals surface area contributed by atoms with Crippen LogP contribution in [0, 0.1) is 0 Å². The van der Waals surface area contributed by atoms with Crippen LogP contribution in [0.25, 0.3) is 0 Å². The van der Waals surface area contributed by atoms with Crippen LogP contribution in [-0.4, -0.2) is 16.2 Å².